The zero-order valence-electron chi connectivity index (χ0n) is 24.0. The lowest BCUT2D eigenvalue weighted by Gasteiger charge is -2.26. The lowest BCUT2D eigenvalue weighted by Crippen LogP contribution is -2.40. The molecule has 4 heterocycles. The molecule has 2 aliphatic rings. The number of amides is 1. The summed E-state index contributed by atoms with van der Waals surface area (Å²) in [7, 11) is 0. The number of aromatic nitrogens is 3. The number of nitrogens with two attached hydrogens (primary N) is 1. The Hall–Kier alpha value is -3.59. The van der Waals surface area contributed by atoms with Gasteiger partial charge < -0.3 is 25.1 Å². The van der Waals surface area contributed by atoms with Gasteiger partial charge in [-0.15, -0.1) is 10.2 Å². The van der Waals surface area contributed by atoms with E-state index in [1.165, 1.54) is 11.1 Å². The molecule has 2 aromatic heterocycles. The van der Waals surface area contributed by atoms with E-state index in [0.717, 1.165) is 72.3 Å². The topological polar surface area (TPSA) is 106 Å². The normalized spacial score (nSPS) is 16.8. The summed E-state index contributed by atoms with van der Waals surface area (Å²) in [5.74, 6) is 0.557. The third-order valence-corrected chi connectivity index (χ3v) is 8.32. The Balaban J connectivity index is 1.30. The van der Waals surface area contributed by atoms with Crippen molar-refractivity contribution in [3.63, 3.8) is 0 Å². The Morgan fingerprint density at radius 3 is 2.41 bits per heavy atom. The van der Waals surface area contributed by atoms with Crippen LogP contribution in [0.5, 0.6) is 0 Å². The molecule has 4 aromatic rings. The Kier molecular flexibility index (Phi) is 7.88. The van der Waals surface area contributed by atoms with Gasteiger partial charge in [0.1, 0.15) is 0 Å². The molecular formula is C33H39N5O3. The number of hydrogen-bond donors (Lipinski definition) is 2. The van der Waals surface area contributed by atoms with Crippen LogP contribution in [0.2, 0.25) is 0 Å². The number of ether oxygens (including phenoxy) is 2. The number of rotatable bonds is 7. The molecule has 0 bridgehead atoms. The molecule has 2 saturated heterocycles. The van der Waals surface area contributed by atoms with Gasteiger partial charge in [0.2, 0.25) is 0 Å². The van der Waals surface area contributed by atoms with Gasteiger partial charge in [-0.3, -0.25) is 4.79 Å². The zero-order valence-corrected chi connectivity index (χ0v) is 24.0. The highest BCUT2D eigenvalue weighted by molar-refractivity contribution is 5.97. The first-order chi connectivity index (χ1) is 19.9. The summed E-state index contributed by atoms with van der Waals surface area (Å²) in [5, 5.41) is 10.1. The van der Waals surface area contributed by atoms with Crippen LogP contribution >= 0.6 is 0 Å². The molecule has 2 aliphatic heterocycles. The largest absolute Gasteiger partial charge is 0.381 e. The third-order valence-electron chi connectivity index (χ3n) is 8.32. The Bertz CT molecular complexity index is 1510. The molecule has 8 heteroatoms. The standard InChI is InChI=1S/C33H39N5O3/c1-33(2,34)12-9-25-19-26(7-8-27(25)23-10-15-40-16-11-23)30-20-28-29(21-35-31(28)37-36-30)22-3-5-24(6-4-22)32(39)38-13-17-41-18-14-38/h3-8,19-21,23H,9-18,34H2,1-2H3,(H,35,37). The fraction of sp³-hybridized carbons (Fsp3) is 0.424. The average molecular weight is 554 g/mol. The minimum atomic E-state index is -0.232. The molecule has 0 radical (unpaired) electrons. The van der Waals surface area contributed by atoms with E-state index in [9.17, 15) is 4.79 Å². The molecule has 214 valence electrons. The Morgan fingerprint density at radius 2 is 1.68 bits per heavy atom. The van der Waals surface area contributed by atoms with Gasteiger partial charge in [-0.25, -0.2) is 0 Å². The number of benzene rings is 2. The SMILES string of the molecule is CC(C)(N)CCc1cc(-c2cc3c(-c4ccc(C(=O)N5CCOCC5)cc4)c[nH]c3nn2)ccc1C1CCOCC1. The summed E-state index contributed by atoms with van der Waals surface area (Å²) >= 11 is 0. The summed E-state index contributed by atoms with van der Waals surface area (Å²) in [4.78, 5) is 18.0. The van der Waals surface area contributed by atoms with Crippen LogP contribution in [0.15, 0.2) is 54.7 Å². The van der Waals surface area contributed by atoms with Crippen molar-refractivity contribution in [2.24, 2.45) is 5.73 Å². The third kappa shape index (κ3) is 6.20. The summed E-state index contributed by atoms with van der Waals surface area (Å²) in [5.41, 5.74) is 14.3. The number of morpholine rings is 1. The highest BCUT2D eigenvalue weighted by Crippen LogP contribution is 2.35. The number of fused-ring (bicyclic) bond motifs is 1. The fourth-order valence-electron chi connectivity index (χ4n) is 5.89. The van der Waals surface area contributed by atoms with Crippen molar-refractivity contribution in [2.45, 2.75) is 51.0 Å². The van der Waals surface area contributed by atoms with Crippen molar-refractivity contribution in [2.75, 3.05) is 39.5 Å². The van der Waals surface area contributed by atoms with E-state index in [1.54, 1.807) is 0 Å². The quantitative estimate of drug-likeness (QED) is 0.321. The number of carbonyl (C=O) groups excluding carboxylic acids is 1. The first kappa shape index (κ1) is 27.6. The Labute approximate surface area is 241 Å². The van der Waals surface area contributed by atoms with Crippen LogP contribution < -0.4 is 5.73 Å². The van der Waals surface area contributed by atoms with Gasteiger partial charge in [0, 0.05) is 60.1 Å². The molecule has 0 atom stereocenters. The summed E-state index contributed by atoms with van der Waals surface area (Å²) < 4.78 is 11.0. The van der Waals surface area contributed by atoms with Gasteiger partial charge in [-0.1, -0.05) is 24.3 Å². The molecule has 41 heavy (non-hydrogen) atoms. The number of H-pyrrole nitrogens is 1. The molecule has 0 aliphatic carbocycles. The van der Waals surface area contributed by atoms with Crippen molar-refractivity contribution >= 4 is 16.9 Å². The maximum atomic E-state index is 12.9. The van der Waals surface area contributed by atoms with Crippen LogP contribution in [0.25, 0.3) is 33.4 Å². The van der Waals surface area contributed by atoms with Crippen LogP contribution in [0.4, 0.5) is 0 Å². The molecule has 0 saturated carbocycles. The predicted molar refractivity (Wildman–Crippen MR) is 161 cm³/mol. The van der Waals surface area contributed by atoms with Gasteiger partial charge in [0.25, 0.3) is 5.91 Å². The predicted octanol–water partition coefficient (Wildman–Crippen LogP) is 5.33. The van der Waals surface area contributed by atoms with Crippen molar-refractivity contribution < 1.29 is 14.3 Å². The summed E-state index contributed by atoms with van der Waals surface area (Å²) in [6.07, 6.45) is 5.89. The van der Waals surface area contributed by atoms with Gasteiger partial charge in [-0.05, 0) is 86.4 Å². The van der Waals surface area contributed by atoms with Crippen LogP contribution in [-0.4, -0.2) is 71.0 Å². The molecule has 0 spiro atoms. The van der Waals surface area contributed by atoms with Crippen LogP contribution in [0.3, 0.4) is 0 Å². The van der Waals surface area contributed by atoms with E-state index >= 15 is 0 Å². The molecular weight excluding hydrogens is 514 g/mol. The molecule has 2 fully saturated rings. The van der Waals surface area contributed by atoms with E-state index in [2.05, 4.69) is 53.3 Å². The zero-order chi connectivity index (χ0) is 28.4. The molecule has 6 rings (SSSR count). The lowest BCUT2D eigenvalue weighted by molar-refractivity contribution is 0.0303. The molecule has 1 amide bonds. The summed E-state index contributed by atoms with van der Waals surface area (Å²) in [6.45, 7) is 8.24. The fourth-order valence-corrected chi connectivity index (χ4v) is 5.89. The number of hydrogen-bond acceptors (Lipinski definition) is 6. The van der Waals surface area contributed by atoms with Crippen molar-refractivity contribution in [3.05, 3.63) is 71.4 Å². The van der Waals surface area contributed by atoms with Crippen LogP contribution in [0, 0.1) is 0 Å². The highest BCUT2D eigenvalue weighted by atomic mass is 16.5. The first-order valence-electron chi connectivity index (χ1n) is 14.7. The second-order valence-corrected chi connectivity index (χ2v) is 12.0. The van der Waals surface area contributed by atoms with Crippen molar-refractivity contribution in [1.82, 2.24) is 20.1 Å². The smallest absolute Gasteiger partial charge is 0.254 e. The highest BCUT2D eigenvalue weighted by Gasteiger charge is 2.22. The van der Waals surface area contributed by atoms with Crippen molar-refractivity contribution in [1.29, 1.82) is 0 Å². The van der Waals surface area contributed by atoms with Gasteiger partial charge in [0.05, 0.1) is 18.9 Å². The second kappa shape index (κ2) is 11.7. The number of nitrogens with zero attached hydrogens (tertiary/aromatic N) is 3. The van der Waals surface area contributed by atoms with Gasteiger partial charge in [-0.2, -0.15) is 0 Å². The van der Waals surface area contributed by atoms with E-state index in [0.29, 0.717) is 37.8 Å². The van der Waals surface area contributed by atoms with E-state index < -0.39 is 0 Å². The average Bonchev–Trinajstić information content (AvgIpc) is 3.43. The Morgan fingerprint density at radius 1 is 0.976 bits per heavy atom. The van der Waals surface area contributed by atoms with E-state index in [-0.39, 0.29) is 11.4 Å². The van der Waals surface area contributed by atoms with Gasteiger partial charge in [0.15, 0.2) is 5.65 Å². The van der Waals surface area contributed by atoms with E-state index in [4.69, 9.17) is 15.2 Å². The number of carbonyl (C=O) groups is 1. The molecule has 8 nitrogen and oxygen atoms in total. The maximum absolute atomic E-state index is 12.9. The van der Waals surface area contributed by atoms with Crippen LogP contribution in [0.1, 0.15) is 60.5 Å². The molecule has 0 unspecified atom stereocenters. The number of nitrogens with one attached hydrogen (secondary N) is 1. The summed E-state index contributed by atoms with van der Waals surface area (Å²) in [6, 6.07) is 16.7. The minimum Gasteiger partial charge on any atom is -0.381 e. The van der Waals surface area contributed by atoms with Crippen LogP contribution in [-0.2, 0) is 15.9 Å². The second-order valence-electron chi connectivity index (χ2n) is 12.0. The van der Waals surface area contributed by atoms with Crippen molar-refractivity contribution in [3.8, 4) is 22.4 Å². The lowest BCUT2D eigenvalue weighted by atomic mass is 9.84. The molecule has 2 aromatic carbocycles. The number of aryl methyl sites for hydroxylation is 1. The van der Waals surface area contributed by atoms with Gasteiger partial charge >= 0.3 is 0 Å². The maximum Gasteiger partial charge on any atom is 0.254 e. The minimum absolute atomic E-state index is 0.0463. The van der Waals surface area contributed by atoms with E-state index in [1.807, 2.05) is 35.4 Å². The first-order valence-corrected chi connectivity index (χ1v) is 14.7. The molecule has 3 N–H and O–H groups in total. The number of aromatic amines is 1. The monoisotopic (exact) mass is 553 g/mol.